The molecule has 0 aromatic heterocycles. The lowest BCUT2D eigenvalue weighted by molar-refractivity contribution is -0.125. The van der Waals surface area contributed by atoms with E-state index >= 15 is 0 Å². The van der Waals surface area contributed by atoms with E-state index in [1.165, 1.54) is 24.3 Å². The predicted octanol–water partition coefficient (Wildman–Crippen LogP) is 3.18. The predicted molar refractivity (Wildman–Crippen MR) is 111 cm³/mol. The van der Waals surface area contributed by atoms with Crippen LogP contribution in [0.3, 0.4) is 0 Å². The molecule has 7 nitrogen and oxygen atoms in total. The first-order chi connectivity index (χ1) is 13.4. The number of ether oxygens (including phenoxy) is 1. The lowest BCUT2D eigenvalue weighted by Crippen LogP contribution is -2.42. The number of hydrogen-bond acceptors (Lipinski definition) is 5. The molecular formula is C21H26N2O5S. The molecule has 0 bridgehead atoms. The van der Waals surface area contributed by atoms with E-state index in [4.69, 9.17) is 4.74 Å². The minimum Gasteiger partial charge on any atom is -0.452 e. The Labute approximate surface area is 171 Å². The van der Waals surface area contributed by atoms with Crippen molar-refractivity contribution in [3.05, 3.63) is 59.2 Å². The van der Waals surface area contributed by atoms with Crippen LogP contribution in [0.25, 0.3) is 0 Å². The SMILES string of the molecule is Cc1ccc(S(=O)(=O)Nc2ccc(C(=O)OCC(=O)NC(C)(C)C)cc2)cc1C. The van der Waals surface area contributed by atoms with Crippen molar-refractivity contribution in [3.8, 4) is 0 Å². The van der Waals surface area contributed by atoms with Gasteiger partial charge in [-0.1, -0.05) is 6.07 Å². The number of sulfonamides is 1. The summed E-state index contributed by atoms with van der Waals surface area (Å²) in [6.07, 6.45) is 0. The van der Waals surface area contributed by atoms with E-state index in [0.29, 0.717) is 5.69 Å². The van der Waals surface area contributed by atoms with Crippen molar-refractivity contribution in [2.45, 2.75) is 45.1 Å². The third-order valence-electron chi connectivity index (χ3n) is 4.01. The van der Waals surface area contributed by atoms with Gasteiger partial charge in [0, 0.05) is 11.2 Å². The van der Waals surface area contributed by atoms with E-state index in [-0.39, 0.29) is 10.5 Å². The van der Waals surface area contributed by atoms with Gasteiger partial charge in [0.25, 0.3) is 15.9 Å². The number of aryl methyl sites for hydroxylation is 2. The molecule has 0 heterocycles. The van der Waals surface area contributed by atoms with Gasteiger partial charge in [-0.05, 0) is 82.1 Å². The first-order valence-corrected chi connectivity index (χ1v) is 10.5. The molecule has 2 rings (SSSR count). The molecule has 2 aromatic carbocycles. The maximum absolute atomic E-state index is 12.5. The van der Waals surface area contributed by atoms with Crippen LogP contribution in [0, 0.1) is 13.8 Å². The van der Waals surface area contributed by atoms with Crippen LogP contribution < -0.4 is 10.0 Å². The van der Waals surface area contributed by atoms with Gasteiger partial charge in [-0.2, -0.15) is 0 Å². The first-order valence-electron chi connectivity index (χ1n) is 9.06. The number of anilines is 1. The zero-order valence-electron chi connectivity index (χ0n) is 17.2. The van der Waals surface area contributed by atoms with Crippen molar-refractivity contribution in [1.29, 1.82) is 0 Å². The summed E-state index contributed by atoms with van der Waals surface area (Å²) in [6.45, 7) is 8.83. The van der Waals surface area contributed by atoms with Crippen LogP contribution >= 0.6 is 0 Å². The quantitative estimate of drug-likeness (QED) is 0.702. The van der Waals surface area contributed by atoms with Crippen LogP contribution in [-0.2, 0) is 19.6 Å². The van der Waals surface area contributed by atoms with Crippen LogP contribution in [-0.4, -0.2) is 32.4 Å². The van der Waals surface area contributed by atoms with Crippen molar-refractivity contribution < 1.29 is 22.7 Å². The molecule has 0 aliphatic carbocycles. The van der Waals surface area contributed by atoms with Gasteiger partial charge in [0.05, 0.1) is 10.5 Å². The van der Waals surface area contributed by atoms with Crippen molar-refractivity contribution in [1.82, 2.24) is 5.32 Å². The summed E-state index contributed by atoms with van der Waals surface area (Å²) in [5, 5.41) is 2.69. The smallest absolute Gasteiger partial charge is 0.338 e. The van der Waals surface area contributed by atoms with Crippen molar-refractivity contribution in [3.63, 3.8) is 0 Å². The number of esters is 1. The summed E-state index contributed by atoms with van der Waals surface area (Å²) in [5.74, 6) is -1.07. The largest absolute Gasteiger partial charge is 0.452 e. The topological polar surface area (TPSA) is 102 Å². The van der Waals surface area contributed by atoms with Gasteiger partial charge in [-0.3, -0.25) is 9.52 Å². The number of nitrogens with one attached hydrogen (secondary N) is 2. The van der Waals surface area contributed by atoms with Crippen LogP contribution in [0.15, 0.2) is 47.4 Å². The van der Waals surface area contributed by atoms with Crippen LogP contribution in [0.5, 0.6) is 0 Å². The number of carbonyl (C=O) groups is 2. The second-order valence-corrected chi connectivity index (χ2v) is 9.49. The van der Waals surface area contributed by atoms with E-state index in [1.54, 1.807) is 18.2 Å². The van der Waals surface area contributed by atoms with Crippen LogP contribution in [0.1, 0.15) is 42.3 Å². The standard InChI is InChI=1S/C21H26N2O5S/c1-14-6-11-18(12-15(14)2)29(26,27)23-17-9-7-16(8-10-17)20(25)28-13-19(24)22-21(3,4)5/h6-12,23H,13H2,1-5H3,(H,22,24). The van der Waals surface area contributed by atoms with Gasteiger partial charge >= 0.3 is 5.97 Å². The summed E-state index contributed by atoms with van der Waals surface area (Å²) in [7, 11) is -3.74. The minimum absolute atomic E-state index is 0.161. The molecule has 156 valence electrons. The van der Waals surface area contributed by atoms with Gasteiger partial charge in [0.1, 0.15) is 0 Å². The van der Waals surface area contributed by atoms with Crippen LogP contribution in [0.4, 0.5) is 5.69 Å². The fourth-order valence-corrected chi connectivity index (χ4v) is 3.58. The minimum atomic E-state index is -3.74. The summed E-state index contributed by atoms with van der Waals surface area (Å²) >= 11 is 0. The number of amides is 1. The van der Waals surface area contributed by atoms with E-state index in [0.717, 1.165) is 11.1 Å². The number of rotatable bonds is 6. The Morgan fingerprint density at radius 1 is 0.966 bits per heavy atom. The molecule has 8 heteroatoms. The van der Waals surface area contributed by atoms with Gasteiger partial charge in [-0.25, -0.2) is 13.2 Å². The lowest BCUT2D eigenvalue weighted by Gasteiger charge is -2.20. The van der Waals surface area contributed by atoms with E-state index in [2.05, 4.69) is 10.0 Å². The third kappa shape index (κ3) is 6.60. The van der Waals surface area contributed by atoms with Crippen molar-refractivity contribution in [2.75, 3.05) is 11.3 Å². The molecule has 0 aliphatic rings. The highest BCUT2D eigenvalue weighted by Gasteiger charge is 2.17. The molecule has 2 N–H and O–H groups in total. The second-order valence-electron chi connectivity index (χ2n) is 7.80. The average molecular weight is 419 g/mol. The monoisotopic (exact) mass is 418 g/mol. The normalized spacial score (nSPS) is 11.6. The molecule has 2 aromatic rings. The molecule has 0 aliphatic heterocycles. The fourth-order valence-electron chi connectivity index (χ4n) is 2.44. The third-order valence-corrected chi connectivity index (χ3v) is 5.39. The zero-order chi connectivity index (χ0) is 21.8. The molecule has 0 radical (unpaired) electrons. The number of hydrogen-bond donors (Lipinski definition) is 2. The maximum atomic E-state index is 12.5. The maximum Gasteiger partial charge on any atom is 0.338 e. The number of benzene rings is 2. The molecule has 0 unspecified atom stereocenters. The molecule has 0 saturated carbocycles. The summed E-state index contributed by atoms with van der Waals surface area (Å²) in [6, 6.07) is 10.7. The molecular weight excluding hydrogens is 392 g/mol. The molecule has 0 spiro atoms. The average Bonchev–Trinajstić information content (AvgIpc) is 2.60. The highest BCUT2D eigenvalue weighted by molar-refractivity contribution is 7.92. The number of carbonyl (C=O) groups excluding carboxylic acids is 2. The Bertz CT molecular complexity index is 1010. The highest BCUT2D eigenvalue weighted by Crippen LogP contribution is 2.19. The Hall–Kier alpha value is -2.87. The molecule has 0 atom stereocenters. The Morgan fingerprint density at radius 2 is 1.59 bits per heavy atom. The molecule has 29 heavy (non-hydrogen) atoms. The van der Waals surface area contributed by atoms with Gasteiger partial charge in [-0.15, -0.1) is 0 Å². The Kier molecular flexibility index (Phi) is 6.69. The Balaban J connectivity index is 2.01. The van der Waals surface area contributed by atoms with E-state index in [1.807, 2.05) is 34.6 Å². The summed E-state index contributed by atoms with van der Waals surface area (Å²) < 4.78 is 32.5. The van der Waals surface area contributed by atoms with Crippen molar-refractivity contribution >= 4 is 27.6 Å². The van der Waals surface area contributed by atoms with E-state index < -0.39 is 34.0 Å². The van der Waals surface area contributed by atoms with Crippen molar-refractivity contribution in [2.24, 2.45) is 0 Å². The zero-order valence-corrected chi connectivity index (χ0v) is 18.0. The highest BCUT2D eigenvalue weighted by atomic mass is 32.2. The van der Waals surface area contributed by atoms with E-state index in [9.17, 15) is 18.0 Å². The molecule has 0 fully saturated rings. The molecule has 0 saturated heterocycles. The Morgan fingerprint density at radius 3 is 2.14 bits per heavy atom. The summed E-state index contributed by atoms with van der Waals surface area (Å²) in [4.78, 5) is 23.9. The van der Waals surface area contributed by atoms with Gasteiger partial charge < -0.3 is 10.1 Å². The van der Waals surface area contributed by atoms with Gasteiger partial charge in [0.15, 0.2) is 6.61 Å². The first kappa shape index (κ1) is 22.4. The summed E-state index contributed by atoms with van der Waals surface area (Å²) in [5.41, 5.74) is 1.98. The molecule has 1 amide bonds. The fraction of sp³-hybridized carbons (Fsp3) is 0.333. The van der Waals surface area contributed by atoms with Crippen LogP contribution in [0.2, 0.25) is 0 Å². The lowest BCUT2D eigenvalue weighted by atomic mass is 10.1. The van der Waals surface area contributed by atoms with Gasteiger partial charge in [0.2, 0.25) is 0 Å². The second kappa shape index (κ2) is 8.65.